The monoisotopic (exact) mass is 529 g/mol. The third kappa shape index (κ3) is 4.55. The van der Waals surface area contributed by atoms with E-state index in [4.69, 9.17) is 17.3 Å². The van der Waals surface area contributed by atoms with E-state index in [-0.39, 0.29) is 36.6 Å². The fourth-order valence-electron chi connectivity index (χ4n) is 4.17. The van der Waals surface area contributed by atoms with Crippen molar-refractivity contribution in [2.45, 2.75) is 25.6 Å². The largest absolute Gasteiger partial charge is 0.418 e. The van der Waals surface area contributed by atoms with E-state index in [1.54, 1.807) is 0 Å². The van der Waals surface area contributed by atoms with Crippen LogP contribution in [0.5, 0.6) is 0 Å². The number of nitrogens with zero attached hydrogens (tertiary/aromatic N) is 2. The van der Waals surface area contributed by atoms with Crippen molar-refractivity contribution in [3.8, 4) is 0 Å². The molecule has 6 nitrogen and oxygen atoms in total. The Morgan fingerprint density at radius 3 is 2.82 bits per heavy atom. The predicted molar refractivity (Wildman–Crippen MR) is 132 cm³/mol. The number of nitrogens with two attached hydrogens (primary N) is 1. The zero-order valence-corrected chi connectivity index (χ0v) is 20.0. The van der Waals surface area contributed by atoms with Crippen molar-refractivity contribution in [3.05, 3.63) is 52.2 Å². The van der Waals surface area contributed by atoms with Crippen molar-refractivity contribution < 1.29 is 18.0 Å². The number of carbonyl (C=O) groups is 1. The van der Waals surface area contributed by atoms with Crippen LogP contribution >= 0.6 is 35.3 Å². The highest BCUT2D eigenvalue weighted by Gasteiger charge is 2.35. The molecule has 4 aromatic rings. The number of hydrogen-bond donors (Lipinski definition) is 3. The number of hydrogen-bond acceptors (Lipinski definition) is 5. The molecule has 0 radical (unpaired) electrons. The first-order valence-electron chi connectivity index (χ1n) is 10.3. The minimum absolute atomic E-state index is 0. The van der Waals surface area contributed by atoms with Gasteiger partial charge in [-0.25, -0.2) is 4.98 Å². The molecule has 12 heteroatoms. The van der Waals surface area contributed by atoms with E-state index in [9.17, 15) is 18.0 Å². The number of aromatic nitrogens is 2. The van der Waals surface area contributed by atoms with Crippen LogP contribution in [0.3, 0.4) is 0 Å². The lowest BCUT2D eigenvalue weighted by atomic mass is 10.0. The van der Waals surface area contributed by atoms with E-state index in [2.05, 4.69) is 15.3 Å². The molecule has 0 spiro atoms. The number of alkyl halides is 3. The van der Waals surface area contributed by atoms with Crippen molar-refractivity contribution in [3.63, 3.8) is 0 Å². The smallest absolute Gasteiger partial charge is 0.357 e. The molecule has 0 fully saturated rings. The summed E-state index contributed by atoms with van der Waals surface area (Å²) in [6.45, 7) is 1.23. The van der Waals surface area contributed by atoms with E-state index >= 15 is 0 Å². The third-order valence-corrected chi connectivity index (χ3v) is 6.95. The number of nitrogens with one attached hydrogen (secondary N) is 2. The summed E-state index contributed by atoms with van der Waals surface area (Å²) >= 11 is 7.32. The summed E-state index contributed by atoms with van der Waals surface area (Å²) in [6.07, 6.45) is -3.86. The van der Waals surface area contributed by atoms with Crippen molar-refractivity contribution in [1.29, 1.82) is 0 Å². The Bertz CT molecular complexity index is 1380. The lowest BCUT2D eigenvalue weighted by Gasteiger charge is -2.26. The zero-order chi connectivity index (χ0) is 23.3. The summed E-state index contributed by atoms with van der Waals surface area (Å²) in [5, 5.41) is 4.73. The first kappa shape index (κ1) is 24.6. The van der Waals surface area contributed by atoms with Crippen molar-refractivity contribution in [2.24, 2.45) is 5.73 Å². The maximum Gasteiger partial charge on any atom is 0.418 e. The molecule has 1 aliphatic heterocycles. The molecule has 0 unspecified atom stereocenters. The van der Waals surface area contributed by atoms with Gasteiger partial charge in [-0.1, -0.05) is 22.9 Å². The molecule has 2 aromatic carbocycles. The summed E-state index contributed by atoms with van der Waals surface area (Å²) in [6, 6.07) is 8.12. The maximum atomic E-state index is 13.8. The van der Waals surface area contributed by atoms with Gasteiger partial charge in [0.15, 0.2) is 5.13 Å². The molecule has 0 atom stereocenters. The molecule has 34 heavy (non-hydrogen) atoms. The van der Waals surface area contributed by atoms with Gasteiger partial charge in [0.25, 0.3) is 0 Å². The Kier molecular flexibility index (Phi) is 6.69. The number of carbonyl (C=O) groups excluding carboxylic acids is 1. The average Bonchev–Trinajstić information content (AvgIpc) is 3.33. The van der Waals surface area contributed by atoms with Crippen LogP contribution in [-0.4, -0.2) is 29.0 Å². The SMILES string of the molecule is Cl.NCCC(=O)Nc1cc(C(F)(F)F)c2nc(N3CCc4c([nH]c5ccc(Cl)cc45)C3)sc2c1. The Balaban J connectivity index is 0.00000274. The number of H-pyrrole nitrogens is 1. The fourth-order valence-corrected chi connectivity index (χ4v) is 5.40. The number of amides is 1. The van der Waals surface area contributed by atoms with Gasteiger partial charge in [0.1, 0.15) is 0 Å². The van der Waals surface area contributed by atoms with Gasteiger partial charge in [-0.2, -0.15) is 13.2 Å². The first-order valence-corrected chi connectivity index (χ1v) is 11.5. The molecule has 4 N–H and O–H groups in total. The molecule has 0 saturated carbocycles. The first-order chi connectivity index (χ1) is 15.7. The van der Waals surface area contributed by atoms with Gasteiger partial charge in [0.05, 0.1) is 22.3 Å². The second-order valence-corrected chi connectivity index (χ2v) is 9.34. The maximum absolute atomic E-state index is 13.8. The Morgan fingerprint density at radius 2 is 2.09 bits per heavy atom. The molecular formula is C22H20Cl2F3N5OS. The highest BCUT2D eigenvalue weighted by Crippen LogP contribution is 2.41. The van der Waals surface area contributed by atoms with Crippen molar-refractivity contribution >= 4 is 73.2 Å². The third-order valence-electron chi connectivity index (χ3n) is 5.65. The van der Waals surface area contributed by atoms with E-state index in [0.717, 1.165) is 29.1 Å². The standard InChI is InChI=1S/C22H19ClF3N5OS.ClH/c23-11-1-2-16-14(7-11)13-4-6-31(10-17(13)29-16)21-30-20-15(22(24,25)26)8-12(9-18(20)33-21)28-19(32)3-5-27;/h1-2,7-9,29H,3-6,10,27H2,(H,28,32);1H. The van der Waals surface area contributed by atoms with Gasteiger partial charge >= 0.3 is 6.18 Å². The quantitative estimate of drug-likeness (QED) is 0.315. The van der Waals surface area contributed by atoms with Crippen LogP contribution in [-0.2, 0) is 23.9 Å². The number of aromatic amines is 1. The summed E-state index contributed by atoms with van der Waals surface area (Å²) in [5.41, 5.74) is 7.61. The number of rotatable bonds is 4. The van der Waals surface area contributed by atoms with Crippen LogP contribution in [0, 0.1) is 0 Å². The van der Waals surface area contributed by atoms with E-state index in [1.165, 1.54) is 23.0 Å². The molecular weight excluding hydrogens is 510 g/mol. The fraction of sp³-hybridized carbons (Fsp3) is 0.273. The summed E-state index contributed by atoms with van der Waals surface area (Å²) in [7, 11) is 0. The molecule has 1 amide bonds. The van der Waals surface area contributed by atoms with Gasteiger partial charge in [0.2, 0.25) is 5.91 Å². The lowest BCUT2D eigenvalue weighted by molar-refractivity contribution is -0.136. The number of halogens is 5. The molecule has 0 aliphatic carbocycles. The highest BCUT2D eigenvalue weighted by atomic mass is 35.5. The van der Waals surface area contributed by atoms with Crippen LogP contribution in [0.15, 0.2) is 30.3 Å². The van der Waals surface area contributed by atoms with Gasteiger partial charge in [-0.15, -0.1) is 12.4 Å². The lowest BCUT2D eigenvalue weighted by Crippen LogP contribution is -2.30. The normalized spacial score (nSPS) is 13.7. The minimum Gasteiger partial charge on any atom is -0.357 e. The summed E-state index contributed by atoms with van der Waals surface area (Å²) < 4.78 is 41.7. The van der Waals surface area contributed by atoms with E-state index < -0.39 is 17.6 Å². The van der Waals surface area contributed by atoms with Crippen LogP contribution in [0.2, 0.25) is 5.02 Å². The van der Waals surface area contributed by atoms with Crippen LogP contribution in [0.1, 0.15) is 23.2 Å². The summed E-state index contributed by atoms with van der Waals surface area (Å²) in [4.78, 5) is 21.6. The number of benzene rings is 2. The second-order valence-electron chi connectivity index (χ2n) is 7.90. The second kappa shape index (κ2) is 9.26. The minimum atomic E-state index is -4.61. The summed E-state index contributed by atoms with van der Waals surface area (Å²) in [5.74, 6) is -0.433. The van der Waals surface area contributed by atoms with Crippen molar-refractivity contribution in [2.75, 3.05) is 23.3 Å². The number of fused-ring (bicyclic) bond motifs is 4. The van der Waals surface area contributed by atoms with Crippen LogP contribution < -0.4 is 16.0 Å². The molecule has 1 aliphatic rings. The van der Waals surface area contributed by atoms with E-state index in [0.29, 0.717) is 27.9 Å². The van der Waals surface area contributed by atoms with Gasteiger partial charge < -0.3 is 20.9 Å². The molecule has 180 valence electrons. The zero-order valence-electron chi connectivity index (χ0n) is 17.6. The van der Waals surface area contributed by atoms with Gasteiger partial charge in [0, 0.05) is 46.8 Å². The molecule has 2 aromatic heterocycles. The number of thiazole rings is 1. The molecule has 5 rings (SSSR count). The molecule has 0 bridgehead atoms. The van der Waals surface area contributed by atoms with E-state index in [1.807, 2.05) is 23.1 Å². The Morgan fingerprint density at radius 1 is 1.29 bits per heavy atom. The number of anilines is 2. The van der Waals surface area contributed by atoms with Crippen molar-refractivity contribution in [1.82, 2.24) is 9.97 Å². The van der Waals surface area contributed by atoms with Crippen LogP contribution in [0.4, 0.5) is 24.0 Å². The van der Waals surface area contributed by atoms with Crippen LogP contribution in [0.25, 0.3) is 21.1 Å². The topological polar surface area (TPSA) is 87.0 Å². The Labute approximate surface area is 207 Å². The highest BCUT2D eigenvalue weighted by molar-refractivity contribution is 7.22. The van der Waals surface area contributed by atoms with Gasteiger partial charge in [-0.3, -0.25) is 4.79 Å². The molecule has 3 heterocycles. The van der Waals surface area contributed by atoms with Gasteiger partial charge in [-0.05, 0) is 42.3 Å². The Hall–Kier alpha value is -2.53. The average molecular weight is 530 g/mol. The predicted octanol–water partition coefficient (Wildman–Crippen LogP) is 5.72. The molecule has 0 saturated heterocycles.